The molecule has 0 aromatic carbocycles. The van der Waals surface area contributed by atoms with Crippen LogP contribution in [-0.2, 0) is 0 Å². The molecule has 2 unspecified atom stereocenters. The van der Waals surface area contributed by atoms with E-state index in [1.165, 1.54) is 17.1 Å². The van der Waals surface area contributed by atoms with E-state index < -0.39 is 0 Å². The summed E-state index contributed by atoms with van der Waals surface area (Å²) < 4.78 is 0. The maximum Gasteiger partial charge on any atom is 0.0512 e. The fraction of sp³-hybridized carbons (Fsp3) is 0.583. The van der Waals surface area contributed by atoms with E-state index in [9.17, 15) is 0 Å². The average Bonchev–Trinajstić information content (AvgIpc) is 2.31. The number of nitrogens with zero attached hydrogens (tertiary/aromatic N) is 2. The number of nitrogens with two attached hydrogens (primary N) is 1. The summed E-state index contributed by atoms with van der Waals surface area (Å²) in [5.41, 5.74) is 7.36. The molecule has 0 aliphatic carbocycles. The van der Waals surface area contributed by atoms with E-state index in [1.54, 1.807) is 0 Å². The molecular formula is C12H19N3S. The van der Waals surface area contributed by atoms with Crippen molar-refractivity contribution in [2.75, 3.05) is 24.6 Å². The molecule has 0 spiro atoms. The topological polar surface area (TPSA) is 42.1 Å². The summed E-state index contributed by atoms with van der Waals surface area (Å²) in [5.74, 6) is 2.42. The fourth-order valence-corrected chi connectivity index (χ4v) is 3.18. The Bertz CT molecular complexity index is 309. The third kappa shape index (κ3) is 2.75. The van der Waals surface area contributed by atoms with Crippen molar-refractivity contribution < 1.29 is 0 Å². The molecular weight excluding hydrogens is 218 g/mol. The normalized spacial score (nSPS) is 21.6. The van der Waals surface area contributed by atoms with Gasteiger partial charge in [0, 0.05) is 43.0 Å². The molecule has 1 aliphatic heterocycles. The maximum atomic E-state index is 6.12. The van der Waals surface area contributed by atoms with Crippen molar-refractivity contribution in [2.45, 2.75) is 19.0 Å². The lowest BCUT2D eigenvalue weighted by atomic mass is 10.0. The summed E-state index contributed by atoms with van der Waals surface area (Å²) in [6.07, 6.45) is 3.75. The van der Waals surface area contributed by atoms with Gasteiger partial charge in [-0.05, 0) is 18.6 Å². The van der Waals surface area contributed by atoms with Crippen LogP contribution >= 0.6 is 11.8 Å². The molecule has 2 N–H and O–H groups in total. The minimum absolute atomic E-state index is 0.146. The molecule has 1 aromatic heterocycles. The highest BCUT2D eigenvalue weighted by Crippen LogP contribution is 2.25. The summed E-state index contributed by atoms with van der Waals surface area (Å²) in [4.78, 5) is 6.68. The van der Waals surface area contributed by atoms with Crippen molar-refractivity contribution in [1.82, 2.24) is 9.88 Å². The van der Waals surface area contributed by atoms with Crippen molar-refractivity contribution >= 4 is 11.8 Å². The summed E-state index contributed by atoms with van der Waals surface area (Å²) >= 11 is 2.02. The van der Waals surface area contributed by atoms with Crippen LogP contribution in [0.5, 0.6) is 0 Å². The second-order valence-electron chi connectivity index (χ2n) is 4.24. The first-order chi connectivity index (χ1) is 7.79. The van der Waals surface area contributed by atoms with E-state index in [0.29, 0.717) is 6.04 Å². The van der Waals surface area contributed by atoms with Gasteiger partial charge in [-0.1, -0.05) is 6.07 Å². The molecule has 2 rings (SSSR count). The van der Waals surface area contributed by atoms with Gasteiger partial charge in [-0.25, -0.2) is 0 Å². The molecule has 1 aliphatic rings. The van der Waals surface area contributed by atoms with Gasteiger partial charge in [-0.2, -0.15) is 11.8 Å². The second kappa shape index (κ2) is 5.66. The third-order valence-electron chi connectivity index (χ3n) is 2.96. The van der Waals surface area contributed by atoms with Gasteiger partial charge in [0.1, 0.15) is 0 Å². The zero-order valence-corrected chi connectivity index (χ0v) is 10.5. The Kier molecular flexibility index (Phi) is 4.21. The highest BCUT2D eigenvalue weighted by molar-refractivity contribution is 7.99. The average molecular weight is 237 g/mol. The Labute approximate surface area is 101 Å². The molecule has 1 fully saturated rings. The van der Waals surface area contributed by atoms with E-state index in [-0.39, 0.29) is 6.04 Å². The van der Waals surface area contributed by atoms with Crippen molar-refractivity contribution in [1.29, 1.82) is 0 Å². The van der Waals surface area contributed by atoms with E-state index in [2.05, 4.69) is 22.9 Å². The SMILES string of the molecule is CC(N)C(c1cccnc1)N1CCSCC1. The van der Waals surface area contributed by atoms with Crippen LogP contribution in [0.15, 0.2) is 24.5 Å². The van der Waals surface area contributed by atoms with Crippen LogP contribution in [0, 0.1) is 0 Å². The van der Waals surface area contributed by atoms with Gasteiger partial charge in [-0.15, -0.1) is 0 Å². The number of hydrogen-bond acceptors (Lipinski definition) is 4. The molecule has 1 aromatic rings. The summed E-state index contributed by atoms with van der Waals surface area (Å²) in [7, 11) is 0. The summed E-state index contributed by atoms with van der Waals surface area (Å²) in [5, 5.41) is 0. The fourth-order valence-electron chi connectivity index (χ4n) is 2.25. The van der Waals surface area contributed by atoms with Crippen LogP contribution in [0.3, 0.4) is 0 Å². The molecule has 0 bridgehead atoms. The van der Waals surface area contributed by atoms with Crippen LogP contribution in [-0.4, -0.2) is 40.5 Å². The highest BCUT2D eigenvalue weighted by atomic mass is 32.2. The Morgan fingerprint density at radius 2 is 2.19 bits per heavy atom. The van der Waals surface area contributed by atoms with Gasteiger partial charge in [0.15, 0.2) is 0 Å². The van der Waals surface area contributed by atoms with E-state index >= 15 is 0 Å². The van der Waals surface area contributed by atoms with Crippen molar-refractivity contribution in [3.05, 3.63) is 30.1 Å². The standard InChI is InChI=1S/C12H19N3S/c1-10(13)12(11-3-2-4-14-9-11)15-5-7-16-8-6-15/h2-4,9-10,12H,5-8,13H2,1H3. The first-order valence-electron chi connectivity index (χ1n) is 5.76. The molecule has 0 saturated carbocycles. The van der Waals surface area contributed by atoms with Gasteiger partial charge >= 0.3 is 0 Å². The predicted molar refractivity (Wildman–Crippen MR) is 69.5 cm³/mol. The number of pyridine rings is 1. The zero-order chi connectivity index (χ0) is 11.4. The number of hydrogen-bond donors (Lipinski definition) is 1. The van der Waals surface area contributed by atoms with Gasteiger partial charge in [0.05, 0.1) is 6.04 Å². The predicted octanol–water partition coefficient (Wildman–Crippen LogP) is 1.52. The first kappa shape index (κ1) is 11.9. The second-order valence-corrected chi connectivity index (χ2v) is 5.46. The molecule has 3 nitrogen and oxygen atoms in total. The molecule has 0 radical (unpaired) electrons. The Morgan fingerprint density at radius 3 is 2.75 bits per heavy atom. The molecule has 0 amide bonds. The quantitative estimate of drug-likeness (QED) is 0.865. The minimum Gasteiger partial charge on any atom is -0.326 e. The third-order valence-corrected chi connectivity index (χ3v) is 3.91. The Hall–Kier alpha value is -0.580. The lowest BCUT2D eigenvalue weighted by Gasteiger charge is -2.36. The molecule has 16 heavy (non-hydrogen) atoms. The van der Waals surface area contributed by atoms with E-state index in [4.69, 9.17) is 5.73 Å². The monoisotopic (exact) mass is 237 g/mol. The largest absolute Gasteiger partial charge is 0.326 e. The lowest BCUT2D eigenvalue weighted by Crippen LogP contribution is -2.43. The molecule has 4 heteroatoms. The van der Waals surface area contributed by atoms with Crippen LogP contribution in [0.2, 0.25) is 0 Å². The Morgan fingerprint density at radius 1 is 1.44 bits per heavy atom. The molecule has 2 heterocycles. The van der Waals surface area contributed by atoms with Gasteiger partial charge in [-0.3, -0.25) is 9.88 Å². The van der Waals surface area contributed by atoms with Crippen molar-refractivity contribution in [3.8, 4) is 0 Å². The van der Waals surface area contributed by atoms with Gasteiger partial charge < -0.3 is 5.73 Å². The molecule has 88 valence electrons. The highest BCUT2D eigenvalue weighted by Gasteiger charge is 2.25. The van der Waals surface area contributed by atoms with E-state index in [0.717, 1.165) is 13.1 Å². The Balaban J connectivity index is 2.16. The maximum absolute atomic E-state index is 6.12. The van der Waals surface area contributed by atoms with Crippen LogP contribution < -0.4 is 5.73 Å². The van der Waals surface area contributed by atoms with Crippen LogP contribution in [0.1, 0.15) is 18.5 Å². The number of rotatable bonds is 3. The van der Waals surface area contributed by atoms with Crippen LogP contribution in [0.4, 0.5) is 0 Å². The number of thioether (sulfide) groups is 1. The van der Waals surface area contributed by atoms with Crippen LogP contribution in [0.25, 0.3) is 0 Å². The van der Waals surface area contributed by atoms with Crippen molar-refractivity contribution in [3.63, 3.8) is 0 Å². The summed E-state index contributed by atoms with van der Waals surface area (Å²) in [6.45, 7) is 4.34. The first-order valence-corrected chi connectivity index (χ1v) is 6.92. The zero-order valence-electron chi connectivity index (χ0n) is 9.67. The minimum atomic E-state index is 0.146. The summed E-state index contributed by atoms with van der Waals surface area (Å²) in [6, 6.07) is 4.58. The number of aromatic nitrogens is 1. The smallest absolute Gasteiger partial charge is 0.0512 e. The van der Waals surface area contributed by atoms with E-state index in [1.807, 2.05) is 30.2 Å². The lowest BCUT2D eigenvalue weighted by molar-refractivity contribution is 0.194. The van der Waals surface area contributed by atoms with Crippen molar-refractivity contribution in [2.24, 2.45) is 5.73 Å². The molecule has 1 saturated heterocycles. The van der Waals surface area contributed by atoms with Gasteiger partial charge in [0.2, 0.25) is 0 Å². The van der Waals surface area contributed by atoms with Gasteiger partial charge in [0.25, 0.3) is 0 Å². The molecule has 2 atom stereocenters.